The third-order valence-electron chi connectivity index (χ3n) is 5.26. The second kappa shape index (κ2) is 9.18. The minimum Gasteiger partial charge on any atom is -0.463 e. The molecule has 0 amide bonds. The van der Waals surface area contributed by atoms with Gasteiger partial charge in [0.1, 0.15) is 0 Å². The van der Waals surface area contributed by atoms with Crippen LogP contribution in [0.5, 0.6) is 11.5 Å². The monoisotopic (exact) mass is 435 g/mol. The first-order valence-electron chi connectivity index (χ1n) is 10.5. The lowest BCUT2D eigenvalue weighted by molar-refractivity contribution is -0.139. The molecule has 2 heterocycles. The van der Waals surface area contributed by atoms with Gasteiger partial charge in [-0.25, -0.2) is 9.59 Å². The maximum Gasteiger partial charge on any atom is 0.336 e. The van der Waals surface area contributed by atoms with Gasteiger partial charge in [-0.1, -0.05) is 23.8 Å². The Balaban J connectivity index is 1.84. The Morgan fingerprint density at radius 2 is 1.50 bits per heavy atom. The second-order valence-corrected chi connectivity index (χ2v) is 7.40. The number of rotatable bonds is 6. The van der Waals surface area contributed by atoms with E-state index >= 15 is 0 Å². The second-order valence-electron chi connectivity index (χ2n) is 7.40. The van der Waals surface area contributed by atoms with Crippen molar-refractivity contribution < 1.29 is 28.5 Å². The van der Waals surface area contributed by atoms with Crippen LogP contribution in [0.1, 0.15) is 30.9 Å². The van der Waals surface area contributed by atoms with Crippen molar-refractivity contribution in [3.63, 3.8) is 0 Å². The summed E-state index contributed by atoms with van der Waals surface area (Å²) in [6.45, 7) is 6.05. The van der Waals surface area contributed by atoms with E-state index in [-0.39, 0.29) is 20.0 Å². The van der Waals surface area contributed by atoms with Crippen LogP contribution in [0.4, 0.5) is 5.69 Å². The smallest absolute Gasteiger partial charge is 0.336 e. The van der Waals surface area contributed by atoms with Crippen LogP contribution in [0, 0.1) is 6.92 Å². The van der Waals surface area contributed by atoms with Gasteiger partial charge in [-0.05, 0) is 50.6 Å². The van der Waals surface area contributed by atoms with Crippen LogP contribution in [-0.2, 0) is 19.1 Å². The predicted octanol–water partition coefficient (Wildman–Crippen LogP) is 4.22. The number of hydrogen-bond acceptors (Lipinski definition) is 7. The largest absolute Gasteiger partial charge is 0.463 e. The standard InChI is InChI=1S/C25H25NO6/c1-4-29-24(27)19-13-26(18-9-6-16(3)7-10-18)14-20(25(28)30-5-2)23(19)17-8-11-21-22(12-17)32-15-31-21/h6-14,23H,4-5,15H2,1-3H3. The summed E-state index contributed by atoms with van der Waals surface area (Å²) in [5.74, 6) is -0.488. The number of carbonyl (C=O) groups is 2. The number of anilines is 1. The van der Waals surface area contributed by atoms with Crippen molar-refractivity contribution in [2.45, 2.75) is 26.7 Å². The number of aryl methyl sites for hydroxylation is 1. The normalized spacial score (nSPS) is 15.2. The summed E-state index contributed by atoms with van der Waals surface area (Å²) < 4.78 is 21.6. The molecule has 7 nitrogen and oxygen atoms in total. The Labute approximate surface area is 186 Å². The number of esters is 2. The van der Waals surface area contributed by atoms with Crippen LogP contribution in [0.15, 0.2) is 66.0 Å². The predicted molar refractivity (Wildman–Crippen MR) is 118 cm³/mol. The molecule has 0 aliphatic carbocycles. The average Bonchev–Trinajstić information content (AvgIpc) is 3.27. The van der Waals surface area contributed by atoms with Gasteiger partial charge in [-0.15, -0.1) is 0 Å². The maximum absolute atomic E-state index is 13.0. The van der Waals surface area contributed by atoms with Crippen molar-refractivity contribution >= 4 is 17.6 Å². The molecule has 2 aliphatic rings. The molecule has 7 heteroatoms. The van der Waals surface area contributed by atoms with Crippen LogP contribution in [-0.4, -0.2) is 31.9 Å². The van der Waals surface area contributed by atoms with Crippen LogP contribution in [0.3, 0.4) is 0 Å². The molecule has 2 aliphatic heterocycles. The molecular formula is C25H25NO6. The third kappa shape index (κ3) is 4.19. The molecule has 0 fully saturated rings. The summed E-state index contributed by atoms with van der Waals surface area (Å²) in [5, 5.41) is 0. The van der Waals surface area contributed by atoms with Gasteiger partial charge >= 0.3 is 11.9 Å². The Morgan fingerprint density at radius 1 is 0.906 bits per heavy atom. The first-order valence-corrected chi connectivity index (χ1v) is 10.5. The minimum atomic E-state index is -0.677. The highest BCUT2D eigenvalue weighted by molar-refractivity contribution is 6.00. The van der Waals surface area contributed by atoms with Gasteiger partial charge in [0, 0.05) is 18.1 Å². The average molecular weight is 435 g/mol. The van der Waals surface area contributed by atoms with E-state index in [0.717, 1.165) is 11.3 Å². The van der Waals surface area contributed by atoms with E-state index in [1.165, 1.54) is 0 Å². The highest BCUT2D eigenvalue weighted by atomic mass is 16.7. The molecule has 0 aromatic heterocycles. The zero-order valence-electron chi connectivity index (χ0n) is 18.3. The maximum atomic E-state index is 13.0. The quantitative estimate of drug-likeness (QED) is 0.629. The number of carbonyl (C=O) groups excluding carboxylic acids is 2. The van der Waals surface area contributed by atoms with E-state index in [4.69, 9.17) is 18.9 Å². The molecular weight excluding hydrogens is 410 g/mol. The van der Waals surface area contributed by atoms with E-state index < -0.39 is 17.9 Å². The lowest BCUT2D eigenvalue weighted by atomic mass is 9.83. The SMILES string of the molecule is CCOC(=O)C1=CN(c2ccc(C)cc2)C=C(C(=O)OCC)C1c1ccc2c(c1)OCO2. The van der Waals surface area contributed by atoms with Gasteiger partial charge in [-0.2, -0.15) is 0 Å². The zero-order valence-corrected chi connectivity index (χ0v) is 18.3. The van der Waals surface area contributed by atoms with Crippen LogP contribution in [0.25, 0.3) is 0 Å². The number of fused-ring (bicyclic) bond motifs is 1. The number of nitrogens with zero attached hydrogens (tertiary/aromatic N) is 1. The molecule has 0 radical (unpaired) electrons. The molecule has 0 atom stereocenters. The summed E-state index contributed by atoms with van der Waals surface area (Å²) in [5.41, 5.74) is 3.28. The van der Waals surface area contributed by atoms with Crippen molar-refractivity contribution in [1.82, 2.24) is 0 Å². The van der Waals surface area contributed by atoms with E-state index in [0.29, 0.717) is 28.2 Å². The minimum absolute atomic E-state index is 0.131. The number of ether oxygens (including phenoxy) is 4. The van der Waals surface area contributed by atoms with Crippen molar-refractivity contribution in [2.75, 3.05) is 24.9 Å². The highest BCUT2D eigenvalue weighted by Crippen LogP contribution is 2.42. The van der Waals surface area contributed by atoms with Crippen LogP contribution < -0.4 is 14.4 Å². The van der Waals surface area contributed by atoms with E-state index in [1.807, 2.05) is 37.3 Å². The summed E-state index contributed by atoms with van der Waals surface area (Å²) in [4.78, 5) is 27.8. The first-order chi connectivity index (χ1) is 15.5. The summed E-state index contributed by atoms with van der Waals surface area (Å²) >= 11 is 0. The van der Waals surface area contributed by atoms with Crippen LogP contribution >= 0.6 is 0 Å². The molecule has 32 heavy (non-hydrogen) atoms. The Hall–Kier alpha value is -3.74. The first kappa shape index (κ1) is 21.5. The van der Waals surface area contributed by atoms with Gasteiger partial charge in [0.15, 0.2) is 11.5 Å². The van der Waals surface area contributed by atoms with E-state index in [1.54, 1.807) is 43.3 Å². The molecule has 0 bridgehead atoms. The molecule has 0 saturated heterocycles. The van der Waals surface area contributed by atoms with Crippen molar-refractivity contribution in [3.8, 4) is 11.5 Å². The Bertz CT molecular complexity index is 1050. The van der Waals surface area contributed by atoms with Gasteiger partial charge in [0.25, 0.3) is 0 Å². The van der Waals surface area contributed by atoms with E-state index in [2.05, 4.69) is 0 Å². The molecule has 0 spiro atoms. The topological polar surface area (TPSA) is 74.3 Å². The van der Waals surface area contributed by atoms with E-state index in [9.17, 15) is 9.59 Å². The zero-order chi connectivity index (χ0) is 22.7. The molecule has 2 aromatic carbocycles. The summed E-state index contributed by atoms with van der Waals surface area (Å²) in [6, 6.07) is 13.2. The van der Waals surface area contributed by atoms with Gasteiger partial charge in [0.2, 0.25) is 6.79 Å². The molecule has 0 N–H and O–H groups in total. The molecule has 4 rings (SSSR count). The van der Waals surface area contributed by atoms with Gasteiger partial charge in [-0.3, -0.25) is 0 Å². The third-order valence-corrected chi connectivity index (χ3v) is 5.26. The number of benzene rings is 2. The van der Waals surface area contributed by atoms with Gasteiger partial charge in [0.05, 0.1) is 30.3 Å². The Morgan fingerprint density at radius 3 is 2.09 bits per heavy atom. The van der Waals surface area contributed by atoms with Crippen molar-refractivity contribution in [2.24, 2.45) is 0 Å². The fraction of sp³-hybridized carbons (Fsp3) is 0.280. The van der Waals surface area contributed by atoms with Crippen LogP contribution in [0.2, 0.25) is 0 Å². The fourth-order valence-electron chi connectivity index (χ4n) is 3.74. The molecule has 166 valence electrons. The van der Waals surface area contributed by atoms with Crippen molar-refractivity contribution in [1.29, 1.82) is 0 Å². The molecule has 0 unspecified atom stereocenters. The van der Waals surface area contributed by atoms with Gasteiger partial charge < -0.3 is 23.8 Å². The summed E-state index contributed by atoms with van der Waals surface area (Å²) in [7, 11) is 0. The highest BCUT2D eigenvalue weighted by Gasteiger charge is 2.36. The fourth-order valence-corrected chi connectivity index (χ4v) is 3.74. The molecule has 2 aromatic rings. The lowest BCUT2D eigenvalue weighted by Gasteiger charge is -2.30. The lowest BCUT2D eigenvalue weighted by Crippen LogP contribution is -2.29. The Kier molecular flexibility index (Phi) is 6.16. The molecule has 0 saturated carbocycles. The van der Waals surface area contributed by atoms with Crippen molar-refractivity contribution in [3.05, 3.63) is 77.1 Å². The summed E-state index contributed by atoms with van der Waals surface area (Å²) in [6.07, 6.45) is 3.42. The number of hydrogen-bond donors (Lipinski definition) is 0.